The Kier molecular flexibility index (Phi) is 3.48. The van der Waals surface area contributed by atoms with E-state index in [4.69, 9.17) is 5.10 Å². The van der Waals surface area contributed by atoms with Crippen molar-refractivity contribution >= 4 is 5.82 Å². The molecule has 1 N–H and O–H groups in total. The standard InChI is InChI=1S/C23H28FN3/c24-19-6-1-2-7-20(19)27-22-18(5-3-4-8-25-22)21(26-27)23-12-15-9-16(13-23)11-17(10-15)14-23/h1-2,6-7,15-17,25H,3-5,8-14H2. The van der Waals surface area contributed by atoms with E-state index in [0.29, 0.717) is 5.69 Å². The fraction of sp³-hybridized carbons (Fsp3) is 0.609. The predicted octanol–water partition coefficient (Wildman–Crippen LogP) is 5.23. The van der Waals surface area contributed by atoms with Gasteiger partial charge in [0.2, 0.25) is 0 Å². The first kappa shape index (κ1) is 16.1. The smallest absolute Gasteiger partial charge is 0.148 e. The maximum Gasteiger partial charge on any atom is 0.148 e. The monoisotopic (exact) mass is 365 g/mol. The third-order valence-corrected chi connectivity index (χ3v) is 7.75. The van der Waals surface area contributed by atoms with E-state index in [1.165, 1.54) is 62.6 Å². The molecule has 0 atom stereocenters. The van der Waals surface area contributed by atoms with Crippen LogP contribution >= 0.6 is 0 Å². The number of fused-ring (bicyclic) bond motifs is 1. The summed E-state index contributed by atoms with van der Waals surface area (Å²) in [5.74, 6) is 3.55. The molecule has 0 unspecified atom stereocenters. The summed E-state index contributed by atoms with van der Waals surface area (Å²) in [5.41, 5.74) is 3.53. The van der Waals surface area contributed by atoms with Crippen molar-refractivity contribution in [3.63, 3.8) is 0 Å². The van der Waals surface area contributed by atoms with E-state index in [-0.39, 0.29) is 11.2 Å². The molecule has 7 rings (SSSR count). The summed E-state index contributed by atoms with van der Waals surface area (Å²) in [6.07, 6.45) is 11.7. The summed E-state index contributed by atoms with van der Waals surface area (Å²) in [7, 11) is 0. The Balaban J connectivity index is 1.53. The van der Waals surface area contributed by atoms with Gasteiger partial charge in [-0.3, -0.25) is 0 Å². The molecular formula is C23H28FN3. The van der Waals surface area contributed by atoms with E-state index in [1.54, 1.807) is 12.1 Å². The lowest BCUT2D eigenvalue weighted by Gasteiger charge is -2.56. The van der Waals surface area contributed by atoms with Crippen LogP contribution in [0.5, 0.6) is 0 Å². The number of para-hydroxylation sites is 1. The molecule has 0 amide bonds. The molecule has 4 heteroatoms. The number of nitrogens with one attached hydrogen (secondary N) is 1. The van der Waals surface area contributed by atoms with Crippen molar-refractivity contribution < 1.29 is 4.39 Å². The van der Waals surface area contributed by atoms with Crippen LogP contribution in [0.1, 0.15) is 62.6 Å². The molecule has 27 heavy (non-hydrogen) atoms. The van der Waals surface area contributed by atoms with Gasteiger partial charge in [0, 0.05) is 17.5 Å². The number of benzene rings is 1. The summed E-state index contributed by atoms with van der Waals surface area (Å²) < 4.78 is 16.5. The second-order valence-electron chi connectivity index (χ2n) is 9.62. The van der Waals surface area contributed by atoms with Crippen molar-refractivity contribution in [2.45, 2.75) is 63.2 Å². The van der Waals surface area contributed by atoms with Gasteiger partial charge in [0.1, 0.15) is 17.3 Å². The lowest BCUT2D eigenvalue weighted by Crippen LogP contribution is -2.49. The van der Waals surface area contributed by atoms with E-state index in [1.807, 2.05) is 16.8 Å². The zero-order valence-corrected chi connectivity index (χ0v) is 15.9. The zero-order chi connectivity index (χ0) is 18.0. The molecule has 3 nitrogen and oxygen atoms in total. The Morgan fingerprint density at radius 1 is 1.00 bits per heavy atom. The van der Waals surface area contributed by atoms with Crippen LogP contribution in [0.2, 0.25) is 0 Å². The highest BCUT2D eigenvalue weighted by atomic mass is 19.1. The molecule has 4 saturated carbocycles. The minimum absolute atomic E-state index is 0.189. The number of rotatable bonds is 2. The molecule has 0 saturated heterocycles. The summed E-state index contributed by atoms with van der Waals surface area (Å²) in [4.78, 5) is 0. The SMILES string of the molecule is Fc1ccccc1-n1nc(C23CC4CC(CC(C4)C2)C3)c2c1NCCCC2. The van der Waals surface area contributed by atoms with Crippen LogP contribution < -0.4 is 5.32 Å². The highest BCUT2D eigenvalue weighted by Crippen LogP contribution is 2.61. The summed E-state index contributed by atoms with van der Waals surface area (Å²) in [6, 6.07) is 7.07. The molecule has 1 aliphatic heterocycles. The van der Waals surface area contributed by atoms with Gasteiger partial charge in [0.25, 0.3) is 0 Å². The van der Waals surface area contributed by atoms with Gasteiger partial charge in [-0.2, -0.15) is 5.10 Å². The van der Waals surface area contributed by atoms with Gasteiger partial charge >= 0.3 is 0 Å². The Morgan fingerprint density at radius 3 is 2.41 bits per heavy atom. The molecule has 1 aromatic heterocycles. The highest BCUT2D eigenvalue weighted by molar-refractivity contribution is 5.56. The number of aromatic nitrogens is 2. The van der Waals surface area contributed by atoms with Crippen LogP contribution in [0.4, 0.5) is 10.2 Å². The summed E-state index contributed by atoms with van der Waals surface area (Å²) >= 11 is 0. The van der Waals surface area contributed by atoms with Crippen LogP contribution in [0.15, 0.2) is 24.3 Å². The molecule has 0 radical (unpaired) electrons. The van der Waals surface area contributed by atoms with Crippen molar-refractivity contribution in [3.05, 3.63) is 41.3 Å². The quantitative estimate of drug-likeness (QED) is 0.790. The van der Waals surface area contributed by atoms with Gasteiger partial charge in [0.05, 0.1) is 5.69 Å². The molecular weight excluding hydrogens is 337 g/mol. The van der Waals surface area contributed by atoms with E-state index in [0.717, 1.165) is 36.5 Å². The molecule has 4 bridgehead atoms. The van der Waals surface area contributed by atoms with Gasteiger partial charge in [-0.25, -0.2) is 9.07 Å². The Morgan fingerprint density at radius 2 is 1.70 bits per heavy atom. The number of halogens is 1. The maximum absolute atomic E-state index is 14.6. The average Bonchev–Trinajstić information content (AvgIpc) is 2.84. The molecule has 2 heterocycles. The van der Waals surface area contributed by atoms with Crippen molar-refractivity contribution in [1.82, 2.24) is 9.78 Å². The molecule has 142 valence electrons. The molecule has 2 aromatic rings. The highest BCUT2D eigenvalue weighted by Gasteiger charge is 2.53. The Bertz CT molecular complexity index is 848. The van der Waals surface area contributed by atoms with Crippen LogP contribution in [-0.4, -0.2) is 16.3 Å². The third-order valence-electron chi connectivity index (χ3n) is 7.75. The second kappa shape index (κ2) is 5.83. The lowest BCUT2D eigenvalue weighted by atomic mass is 9.48. The number of hydrogen-bond acceptors (Lipinski definition) is 2. The average molecular weight is 365 g/mol. The fourth-order valence-electron chi connectivity index (χ4n) is 7.13. The Hall–Kier alpha value is -1.84. The fourth-order valence-corrected chi connectivity index (χ4v) is 7.13. The van der Waals surface area contributed by atoms with Gasteiger partial charge in [-0.05, 0) is 87.7 Å². The van der Waals surface area contributed by atoms with E-state index < -0.39 is 0 Å². The maximum atomic E-state index is 14.6. The first-order valence-electron chi connectivity index (χ1n) is 10.8. The van der Waals surface area contributed by atoms with Gasteiger partial charge in [0.15, 0.2) is 0 Å². The van der Waals surface area contributed by atoms with Crippen molar-refractivity contribution in [2.75, 3.05) is 11.9 Å². The Labute approximate surface area is 160 Å². The number of anilines is 1. The van der Waals surface area contributed by atoms with Crippen molar-refractivity contribution in [1.29, 1.82) is 0 Å². The van der Waals surface area contributed by atoms with E-state index in [9.17, 15) is 4.39 Å². The van der Waals surface area contributed by atoms with Crippen LogP contribution in [0.25, 0.3) is 5.69 Å². The molecule has 4 aliphatic carbocycles. The molecule has 5 aliphatic rings. The molecule has 0 spiro atoms. The van der Waals surface area contributed by atoms with Crippen molar-refractivity contribution in [2.24, 2.45) is 17.8 Å². The minimum atomic E-state index is -0.189. The topological polar surface area (TPSA) is 29.9 Å². The number of hydrogen-bond donors (Lipinski definition) is 1. The lowest BCUT2D eigenvalue weighted by molar-refractivity contribution is -0.00774. The predicted molar refractivity (Wildman–Crippen MR) is 105 cm³/mol. The zero-order valence-electron chi connectivity index (χ0n) is 15.9. The van der Waals surface area contributed by atoms with Gasteiger partial charge in [-0.1, -0.05) is 12.1 Å². The minimum Gasteiger partial charge on any atom is -0.370 e. The van der Waals surface area contributed by atoms with Crippen LogP contribution in [-0.2, 0) is 11.8 Å². The van der Waals surface area contributed by atoms with E-state index >= 15 is 0 Å². The van der Waals surface area contributed by atoms with Crippen LogP contribution in [0, 0.1) is 23.6 Å². The largest absolute Gasteiger partial charge is 0.370 e. The normalized spacial score (nSPS) is 34.2. The molecule has 4 fully saturated rings. The first-order valence-corrected chi connectivity index (χ1v) is 10.8. The first-order chi connectivity index (χ1) is 13.2. The van der Waals surface area contributed by atoms with Crippen LogP contribution in [0.3, 0.4) is 0 Å². The second-order valence-corrected chi connectivity index (χ2v) is 9.62. The van der Waals surface area contributed by atoms with Gasteiger partial charge in [-0.15, -0.1) is 0 Å². The third kappa shape index (κ3) is 2.41. The summed E-state index contributed by atoms with van der Waals surface area (Å²) in [6.45, 7) is 0.952. The van der Waals surface area contributed by atoms with E-state index in [2.05, 4.69) is 5.32 Å². The number of nitrogens with zero attached hydrogens (tertiary/aromatic N) is 2. The summed E-state index contributed by atoms with van der Waals surface area (Å²) in [5, 5.41) is 8.77. The van der Waals surface area contributed by atoms with Crippen molar-refractivity contribution in [3.8, 4) is 5.69 Å². The molecule has 1 aromatic carbocycles. The van der Waals surface area contributed by atoms with Gasteiger partial charge < -0.3 is 5.32 Å².